The molecule has 100 valence electrons. The predicted octanol–water partition coefficient (Wildman–Crippen LogP) is 3.14. The van der Waals surface area contributed by atoms with Gasteiger partial charge < -0.3 is 10.5 Å². The minimum atomic E-state index is -0.796. The van der Waals surface area contributed by atoms with E-state index in [0.717, 1.165) is 12.1 Å². The Labute approximate surface area is 108 Å². The largest absolute Gasteiger partial charge is 0.486 e. The molecule has 19 heavy (non-hydrogen) atoms. The van der Waals surface area contributed by atoms with Crippen molar-refractivity contribution >= 4 is 0 Å². The second-order valence-electron chi connectivity index (χ2n) is 4.04. The molecule has 0 unspecified atom stereocenters. The normalized spacial score (nSPS) is 10.5. The summed E-state index contributed by atoms with van der Waals surface area (Å²) in [7, 11) is 0. The van der Waals surface area contributed by atoms with Crippen LogP contribution in [0.15, 0.2) is 36.4 Å². The topological polar surface area (TPSA) is 35.2 Å². The van der Waals surface area contributed by atoms with E-state index >= 15 is 0 Å². The van der Waals surface area contributed by atoms with Crippen molar-refractivity contribution in [3.63, 3.8) is 0 Å². The molecule has 2 aromatic rings. The molecule has 0 aliphatic carbocycles. The van der Waals surface area contributed by atoms with Gasteiger partial charge in [0.1, 0.15) is 18.2 Å². The number of halogens is 3. The molecule has 0 saturated carbocycles. The van der Waals surface area contributed by atoms with Crippen LogP contribution in [0.1, 0.15) is 11.1 Å². The number of benzene rings is 2. The van der Waals surface area contributed by atoms with E-state index in [1.165, 1.54) is 18.2 Å². The molecule has 0 fully saturated rings. The maximum absolute atomic E-state index is 13.3. The second-order valence-corrected chi connectivity index (χ2v) is 4.04. The van der Waals surface area contributed by atoms with Gasteiger partial charge in [-0.25, -0.2) is 13.2 Å². The minimum absolute atomic E-state index is 0.0205. The average Bonchev–Trinajstić information content (AvgIpc) is 2.37. The first-order valence-electron chi connectivity index (χ1n) is 5.65. The van der Waals surface area contributed by atoms with Crippen molar-refractivity contribution in [2.24, 2.45) is 5.73 Å². The Kier molecular flexibility index (Phi) is 4.06. The third-order valence-corrected chi connectivity index (χ3v) is 2.54. The van der Waals surface area contributed by atoms with E-state index in [1.54, 1.807) is 6.07 Å². The molecule has 2 rings (SSSR count). The highest BCUT2D eigenvalue weighted by molar-refractivity contribution is 5.27. The van der Waals surface area contributed by atoms with Crippen LogP contribution in [0.3, 0.4) is 0 Å². The fraction of sp³-hybridized carbons (Fsp3) is 0.143. The average molecular weight is 267 g/mol. The summed E-state index contributed by atoms with van der Waals surface area (Å²) in [5, 5.41) is 0. The first-order valence-corrected chi connectivity index (χ1v) is 5.65. The van der Waals surface area contributed by atoms with E-state index in [9.17, 15) is 13.2 Å². The highest BCUT2D eigenvalue weighted by atomic mass is 19.1. The first-order chi connectivity index (χ1) is 9.08. The van der Waals surface area contributed by atoms with Crippen LogP contribution in [-0.4, -0.2) is 0 Å². The molecule has 0 aromatic heterocycles. The van der Waals surface area contributed by atoms with Gasteiger partial charge >= 0.3 is 0 Å². The molecule has 2 aromatic carbocycles. The van der Waals surface area contributed by atoms with Crippen LogP contribution < -0.4 is 10.5 Å². The quantitative estimate of drug-likeness (QED) is 0.923. The second kappa shape index (κ2) is 5.75. The van der Waals surface area contributed by atoms with Gasteiger partial charge in [0.05, 0.1) is 0 Å². The van der Waals surface area contributed by atoms with Gasteiger partial charge in [0.25, 0.3) is 0 Å². The number of ether oxygens (including phenoxy) is 1. The van der Waals surface area contributed by atoms with Gasteiger partial charge in [0, 0.05) is 12.6 Å². The van der Waals surface area contributed by atoms with E-state index in [2.05, 4.69) is 0 Å². The van der Waals surface area contributed by atoms with Gasteiger partial charge in [-0.2, -0.15) is 0 Å². The summed E-state index contributed by atoms with van der Waals surface area (Å²) < 4.78 is 44.4. The fourth-order valence-corrected chi connectivity index (χ4v) is 1.67. The summed E-state index contributed by atoms with van der Waals surface area (Å²) >= 11 is 0. The molecular formula is C14H12F3NO. The summed E-state index contributed by atoms with van der Waals surface area (Å²) in [5.74, 6) is -1.99. The smallest absolute Gasteiger partial charge is 0.167 e. The van der Waals surface area contributed by atoms with E-state index in [-0.39, 0.29) is 18.9 Å². The Hall–Kier alpha value is -2.01. The lowest BCUT2D eigenvalue weighted by Gasteiger charge is -2.08. The Morgan fingerprint density at radius 2 is 1.63 bits per heavy atom. The molecular weight excluding hydrogens is 255 g/mol. The van der Waals surface area contributed by atoms with Gasteiger partial charge in [-0.15, -0.1) is 0 Å². The summed E-state index contributed by atoms with van der Waals surface area (Å²) in [6.07, 6.45) is 0. The molecule has 2 nitrogen and oxygen atoms in total. The van der Waals surface area contributed by atoms with Gasteiger partial charge in [-0.05, 0) is 35.4 Å². The molecule has 2 N–H and O–H groups in total. The summed E-state index contributed by atoms with van der Waals surface area (Å²) in [6.45, 7) is 0.184. The maximum atomic E-state index is 13.3. The number of rotatable bonds is 4. The molecule has 0 aliphatic heterocycles. The number of hydrogen-bond donors (Lipinski definition) is 1. The van der Waals surface area contributed by atoms with Gasteiger partial charge in [-0.1, -0.05) is 6.07 Å². The van der Waals surface area contributed by atoms with Crippen molar-refractivity contribution < 1.29 is 17.9 Å². The molecule has 0 saturated heterocycles. The lowest BCUT2D eigenvalue weighted by atomic mass is 10.1. The van der Waals surface area contributed by atoms with Gasteiger partial charge in [0.15, 0.2) is 11.6 Å². The molecule has 0 amide bonds. The van der Waals surface area contributed by atoms with Crippen LogP contribution in [-0.2, 0) is 13.2 Å². The van der Waals surface area contributed by atoms with Crippen molar-refractivity contribution in [3.8, 4) is 5.75 Å². The lowest BCUT2D eigenvalue weighted by Crippen LogP contribution is -2.02. The van der Waals surface area contributed by atoms with Crippen molar-refractivity contribution in [3.05, 3.63) is 65.0 Å². The Morgan fingerprint density at radius 3 is 2.32 bits per heavy atom. The van der Waals surface area contributed by atoms with Gasteiger partial charge in [-0.3, -0.25) is 0 Å². The number of nitrogens with two attached hydrogens (primary N) is 1. The van der Waals surface area contributed by atoms with Crippen molar-refractivity contribution in [1.82, 2.24) is 0 Å². The number of hydrogen-bond acceptors (Lipinski definition) is 2. The monoisotopic (exact) mass is 267 g/mol. The molecule has 0 radical (unpaired) electrons. The highest BCUT2D eigenvalue weighted by Gasteiger charge is 2.06. The molecule has 0 atom stereocenters. The fourth-order valence-electron chi connectivity index (χ4n) is 1.67. The van der Waals surface area contributed by atoms with Crippen molar-refractivity contribution in [1.29, 1.82) is 0 Å². The Morgan fingerprint density at radius 1 is 0.895 bits per heavy atom. The van der Waals surface area contributed by atoms with Crippen LogP contribution in [0.25, 0.3) is 0 Å². The third kappa shape index (κ3) is 3.48. The van der Waals surface area contributed by atoms with Crippen LogP contribution in [0.5, 0.6) is 5.75 Å². The predicted molar refractivity (Wildman–Crippen MR) is 65.0 cm³/mol. The van der Waals surface area contributed by atoms with Crippen molar-refractivity contribution in [2.75, 3.05) is 0 Å². The van der Waals surface area contributed by atoms with Crippen LogP contribution in [0.4, 0.5) is 13.2 Å². The molecule has 5 heteroatoms. The first kappa shape index (κ1) is 13.4. The van der Waals surface area contributed by atoms with Crippen LogP contribution in [0, 0.1) is 17.5 Å². The molecule has 0 heterocycles. The summed E-state index contributed by atoms with van der Waals surface area (Å²) in [4.78, 5) is 0. The lowest BCUT2D eigenvalue weighted by molar-refractivity contribution is 0.288. The van der Waals surface area contributed by atoms with E-state index in [4.69, 9.17) is 10.5 Å². The van der Waals surface area contributed by atoms with Crippen LogP contribution in [0.2, 0.25) is 0 Å². The zero-order valence-electron chi connectivity index (χ0n) is 10.00. The Balaban J connectivity index is 2.12. The maximum Gasteiger partial charge on any atom is 0.167 e. The molecule has 0 bridgehead atoms. The van der Waals surface area contributed by atoms with Gasteiger partial charge in [0.2, 0.25) is 0 Å². The minimum Gasteiger partial charge on any atom is -0.486 e. The van der Waals surface area contributed by atoms with E-state index in [0.29, 0.717) is 11.1 Å². The zero-order chi connectivity index (χ0) is 13.8. The van der Waals surface area contributed by atoms with E-state index < -0.39 is 17.5 Å². The van der Waals surface area contributed by atoms with E-state index in [1.807, 2.05) is 0 Å². The van der Waals surface area contributed by atoms with Crippen LogP contribution >= 0.6 is 0 Å². The zero-order valence-corrected chi connectivity index (χ0v) is 10.00. The molecule has 0 spiro atoms. The third-order valence-electron chi connectivity index (χ3n) is 2.54. The summed E-state index contributed by atoms with van der Waals surface area (Å²) in [6, 6.07) is 7.28. The SMILES string of the molecule is NCc1cc(F)cc(COc2ccc(F)cc2F)c1. The standard InChI is InChI=1S/C14H12F3NO/c15-11-1-2-14(13(17)6-11)19-8-10-3-9(7-18)4-12(16)5-10/h1-6H,7-8,18H2. The Bertz CT molecular complexity index is 587. The summed E-state index contributed by atoms with van der Waals surface area (Å²) in [5.41, 5.74) is 6.58. The highest BCUT2D eigenvalue weighted by Crippen LogP contribution is 2.19. The van der Waals surface area contributed by atoms with Crippen molar-refractivity contribution in [2.45, 2.75) is 13.2 Å². The molecule has 0 aliphatic rings.